The van der Waals surface area contributed by atoms with Gasteiger partial charge in [-0.3, -0.25) is 4.90 Å². The third kappa shape index (κ3) is 3.59. The summed E-state index contributed by atoms with van der Waals surface area (Å²) in [5, 5.41) is 2.03. The first-order chi connectivity index (χ1) is 11.8. The van der Waals surface area contributed by atoms with Crippen molar-refractivity contribution < 1.29 is 4.74 Å². The van der Waals surface area contributed by atoms with Crippen LogP contribution in [-0.4, -0.2) is 49.3 Å². The molecule has 2 fully saturated rings. The van der Waals surface area contributed by atoms with Gasteiger partial charge in [0, 0.05) is 42.3 Å². The first kappa shape index (κ1) is 16.3. The van der Waals surface area contributed by atoms with Crippen LogP contribution in [0.5, 0.6) is 0 Å². The second-order valence-corrected chi connectivity index (χ2v) is 7.95. The van der Waals surface area contributed by atoms with E-state index in [2.05, 4.69) is 26.9 Å². The predicted molar refractivity (Wildman–Crippen MR) is 99.2 cm³/mol. The highest BCUT2D eigenvalue weighted by molar-refractivity contribution is 7.15. The summed E-state index contributed by atoms with van der Waals surface area (Å²) in [6, 6.07) is 8.25. The standard InChI is InChI=1S/C18H22ClN3OS/c19-17-4-2-1-3-16(17)14-5-6-21(12-14)13-15-11-20-18(24-15)22-7-9-23-10-8-22/h1-4,11,14H,5-10,12-13H2. The van der Waals surface area contributed by atoms with E-state index < -0.39 is 0 Å². The number of thiazole rings is 1. The molecule has 2 aromatic rings. The lowest BCUT2D eigenvalue weighted by Crippen LogP contribution is -2.36. The number of nitrogens with zero attached hydrogens (tertiary/aromatic N) is 3. The van der Waals surface area contributed by atoms with Crippen LogP contribution in [0.3, 0.4) is 0 Å². The van der Waals surface area contributed by atoms with Gasteiger partial charge >= 0.3 is 0 Å². The minimum atomic E-state index is 0.547. The predicted octanol–water partition coefficient (Wildman–Crippen LogP) is 3.62. The van der Waals surface area contributed by atoms with Crippen LogP contribution in [0.1, 0.15) is 22.8 Å². The van der Waals surface area contributed by atoms with Gasteiger partial charge in [0.25, 0.3) is 0 Å². The summed E-state index contributed by atoms with van der Waals surface area (Å²) >= 11 is 8.18. The minimum Gasteiger partial charge on any atom is -0.378 e. The Bertz CT molecular complexity index is 686. The fraction of sp³-hybridized carbons (Fsp3) is 0.500. The minimum absolute atomic E-state index is 0.547. The van der Waals surface area contributed by atoms with Crippen LogP contribution in [0, 0.1) is 0 Å². The molecule has 2 aliphatic heterocycles. The maximum absolute atomic E-state index is 6.36. The molecule has 24 heavy (non-hydrogen) atoms. The molecule has 1 atom stereocenters. The van der Waals surface area contributed by atoms with Gasteiger partial charge in [0.1, 0.15) is 0 Å². The number of benzene rings is 1. The van der Waals surface area contributed by atoms with Gasteiger partial charge in [-0.05, 0) is 30.5 Å². The fourth-order valence-electron chi connectivity index (χ4n) is 3.53. The van der Waals surface area contributed by atoms with E-state index >= 15 is 0 Å². The van der Waals surface area contributed by atoms with E-state index in [4.69, 9.17) is 16.3 Å². The summed E-state index contributed by atoms with van der Waals surface area (Å²) in [4.78, 5) is 10.8. The van der Waals surface area contributed by atoms with Gasteiger partial charge in [-0.1, -0.05) is 29.8 Å². The van der Waals surface area contributed by atoms with Crippen LogP contribution in [-0.2, 0) is 11.3 Å². The molecule has 0 radical (unpaired) electrons. The summed E-state index contributed by atoms with van der Waals surface area (Å²) in [6.45, 7) is 6.70. The molecule has 0 amide bonds. The molecule has 4 rings (SSSR count). The highest BCUT2D eigenvalue weighted by atomic mass is 35.5. The molecule has 1 aromatic heterocycles. The summed E-state index contributed by atoms with van der Waals surface area (Å²) in [7, 11) is 0. The molecule has 0 saturated carbocycles. The first-order valence-corrected chi connectivity index (χ1v) is 9.73. The number of aromatic nitrogens is 1. The zero-order valence-electron chi connectivity index (χ0n) is 13.7. The Morgan fingerprint density at radius 3 is 2.88 bits per heavy atom. The number of hydrogen-bond donors (Lipinski definition) is 0. The van der Waals surface area contributed by atoms with Crippen molar-refractivity contribution in [1.29, 1.82) is 0 Å². The van der Waals surface area contributed by atoms with Crippen molar-refractivity contribution in [2.24, 2.45) is 0 Å². The number of morpholine rings is 1. The van der Waals surface area contributed by atoms with Crippen molar-refractivity contribution in [2.45, 2.75) is 18.9 Å². The number of anilines is 1. The van der Waals surface area contributed by atoms with Crippen molar-refractivity contribution >= 4 is 28.1 Å². The normalized spacial score (nSPS) is 22.2. The molecule has 0 spiro atoms. The topological polar surface area (TPSA) is 28.6 Å². The second-order valence-electron chi connectivity index (χ2n) is 6.45. The van der Waals surface area contributed by atoms with Gasteiger partial charge < -0.3 is 9.64 Å². The van der Waals surface area contributed by atoms with Crippen LogP contribution < -0.4 is 4.90 Å². The lowest BCUT2D eigenvalue weighted by molar-refractivity contribution is 0.122. The lowest BCUT2D eigenvalue weighted by atomic mass is 9.98. The van der Waals surface area contributed by atoms with Crippen LogP contribution in [0.2, 0.25) is 5.02 Å². The summed E-state index contributed by atoms with van der Waals surface area (Å²) < 4.78 is 5.42. The molecular weight excluding hydrogens is 342 g/mol. The third-order valence-electron chi connectivity index (χ3n) is 4.82. The van der Waals surface area contributed by atoms with Crippen LogP contribution in [0.25, 0.3) is 0 Å². The molecule has 0 bridgehead atoms. The van der Waals surface area contributed by atoms with Crippen LogP contribution >= 0.6 is 22.9 Å². The third-order valence-corrected chi connectivity index (χ3v) is 6.21. The van der Waals surface area contributed by atoms with E-state index in [1.54, 1.807) is 0 Å². The van der Waals surface area contributed by atoms with E-state index in [9.17, 15) is 0 Å². The molecule has 4 nitrogen and oxygen atoms in total. The van der Waals surface area contributed by atoms with Crippen LogP contribution in [0.4, 0.5) is 5.13 Å². The zero-order valence-corrected chi connectivity index (χ0v) is 15.2. The number of halogens is 1. The lowest BCUT2D eigenvalue weighted by Gasteiger charge is -2.26. The average Bonchev–Trinajstić information content (AvgIpc) is 3.26. The van der Waals surface area contributed by atoms with E-state index in [0.717, 1.165) is 56.1 Å². The average molecular weight is 364 g/mol. The molecule has 2 aliphatic rings. The summed E-state index contributed by atoms with van der Waals surface area (Å²) in [5.41, 5.74) is 1.29. The fourth-order valence-corrected chi connectivity index (χ4v) is 4.82. The Morgan fingerprint density at radius 2 is 2.04 bits per heavy atom. The van der Waals surface area contributed by atoms with E-state index in [-0.39, 0.29) is 0 Å². The molecule has 1 aromatic carbocycles. The molecule has 128 valence electrons. The van der Waals surface area contributed by atoms with Crippen molar-refractivity contribution in [3.05, 3.63) is 45.9 Å². The first-order valence-electron chi connectivity index (χ1n) is 8.54. The van der Waals surface area contributed by atoms with Gasteiger partial charge in [-0.15, -0.1) is 11.3 Å². The molecule has 0 N–H and O–H groups in total. The van der Waals surface area contributed by atoms with Gasteiger partial charge in [0.05, 0.1) is 13.2 Å². The zero-order chi connectivity index (χ0) is 16.4. The molecule has 2 saturated heterocycles. The highest BCUT2D eigenvalue weighted by Gasteiger charge is 2.26. The Morgan fingerprint density at radius 1 is 1.21 bits per heavy atom. The maximum Gasteiger partial charge on any atom is 0.185 e. The number of rotatable bonds is 4. The van der Waals surface area contributed by atoms with Gasteiger partial charge in [0.2, 0.25) is 0 Å². The van der Waals surface area contributed by atoms with E-state index in [1.165, 1.54) is 16.9 Å². The van der Waals surface area contributed by atoms with Gasteiger partial charge in [0.15, 0.2) is 5.13 Å². The smallest absolute Gasteiger partial charge is 0.185 e. The Hall–Kier alpha value is -1.14. The Labute approximate surface area is 152 Å². The number of hydrogen-bond acceptors (Lipinski definition) is 5. The number of likely N-dealkylation sites (tertiary alicyclic amines) is 1. The van der Waals surface area contributed by atoms with E-state index in [0.29, 0.717) is 5.92 Å². The highest BCUT2D eigenvalue weighted by Crippen LogP contribution is 2.33. The SMILES string of the molecule is Clc1ccccc1C1CCN(Cc2cnc(N3CCOCC3)s2)C1. The Kier molecular flexibility index (Phi) is 5.03. The van der Waals surface area contributed by atoms with E-state index in [1.807, 2.05) is 29.7 Å². The van der Waals surface area contributed by atoms with Gasteiger partial charge in [-0.2, -0.15) is 0 Å². The van der Waals surface area contributed by atoms with Crippen LogP contribution in [0.15, 0.2) is 30.5 Å². The molecule has 6 heteroatoms. The Balaban J connectivity index is 1.37. The van der Waals surface area contributed by atoms with Crippen molar-refractivity contribution in [2.75, 3.05) is 44.3 Å². The van der Waals surface area contributed by atoms with Crippen molar-refractivity contribution in [1.82, 2.24) is 9.88 Å². The second kappa shape index (κ2) is 7.40. The largest absolute Gasteiger partial charge is 0.378 e. The quantitative estimate of drug-likeness (QED) is 0.829. The molecular formula is C18H22ClN3OS. The molecule has 0 aliphatic carbocycles. The monoisotopic (exact) mass is 363 g/mol. The summed E-state index contributed by atoms with van der Waals surface area (Å²) in [5.74, 6) is 0.547. The molecule has 1 unspecified atom stereocenters. The molecule has 3 heterocycles. The number of ether oxygens (including phenoxy) is 1. The van der Waals surface area contributed by atoms with Gasteiger partial charge in [-0.25, -0.2) is 4.98 Å². The van der Waals surface area contributed by atoms with Crippen molar-refractivity contribution in [3.63, 3.8) is 0 Å². The summed E-state index contributed by atoms with van der Waals surface area (Å²) in [6.07, 6.45) is 3.22. The maximum atomic E-state index is 6.36. The van der Waals surface area contributed by atoms with Crippen molar-refractivity contribution in [3.8, 4) is 0 Å².